The lowest BCUT2D eigenvalue weighted by molar-refractivity contribution is -0.150. The van der Waals surface area contributed by atoms with Gasteiger partial charge in [-0.15, -0.1) is 38.4 Å². The zero-order valence-electron chi connectivity index (χ0n) is 19.7. The summed E-state index contributed by atoms with van der Waals surface area (Å²) in [7, 11) is 0. The minimum Gasteiger partial charge on any atom is -0.477 e. The Bertz CT molecular complexity index is 1490. The van der Waals surface area contributed by atoms with Crippen molar-refractivity contribution >= 4 is 69.3 Å². The smallest absolute Gasteiger partial charge is 0.352 e. The van der Waals surface area contributed by atoms with E-state index in [2.05, 4.69) is 40.5 Å². The number of hydrogen-bond acceptors (Lipinski definition) is 15. The second-order valence-corrected chi connectivity index (χ2v) is 11.0. The van der Waals surface area contributed by atoms with Crippen molar-refractivity contribution in [3.63, 3.8) is 0 Å². The Morgan fingerprint density at radius 2 is 2.21 bits per heavy atom. The molecule has 38 heavy (non-hydrogen) atoms. The fourth-order valence-electron chi connectivity index (χ4n) is 3.55. The van der Waals surface area contributed by atoms with Crippen LogP contribution in [0.4, 0.5) is 5.13 Å². The summed E-state index contributed by atoms with van der Waals surface area (Å²) in [5.74, 6) is -1.95. The first-order valence-corrected chi connectivity index (χ1v) is 13.8. The van der Waals surface area contributed by atoms with Crippen LogP contribution >= 0.6 is 35.1 Å². The van der Waals surface area contributed by atoms with Crippen LogP contribution in [0.2, 0.25) is 0 Å². The van der Waals surface area contributed by atoms with Gasteiger partial charge in [-0.1, -0.05) is 5.16 Å². The number of carbonyl (C=O) groups is 3. The minimum absolute atomic E-state index is 0.0375. The van der Waals surface area contributed by atoms with Crippen molar-refractivity contribution in [2.24, 2.45) is 5.16 Å². The number of tetrazole rings is 1. The van der Waals surface area contributed by atoms with Crippen LogP contribution < -0.4 is 11.1 Å². The highest BCUT2D eigenvalue weighted by Gasteiger charge is 2.54. The van der Waals surface area contributed by atoms with E-state index in [4.69, 9.17) is 10.6 Å². The molecule has 19 heteroatoms. The van der Waals surface area contributed by atoms with Crippen molar-refractivity contribution in [3.8, 4) is 0 Å². The molecule has 0 bridgehead atoms. The number of carboxylic acids is 1. The maximum Gasteiger partial charge on any atom is 0.352 e. The van der Waals surface area contributed by atoms with Gasteiger partial charge in [-0.05, 0) is 42.0 Å². The van der Waals surface area contributed by atoms with E-state index in [1.165, 1.54) is 33.1 Å². The minimum atomic E-state index is -1.23. The van der Waals surface area contributed by atoms with Crippen molar-refractivity contribution < 1.29 is 24.3 Å². The predicted molar refractivity (Wildman–Crippen MR) is 136 cm³/mol. The number of carbonyl (C=O) groups excluding carboxylic acids is 2. The van der Waals surface area contributed by atoms with E-state index in [0.29, 0.717) is 22.0 Å². The van der Waals surface area contributed by atoms with Gasteiger partial charge in [0, 0.05) is 23.0 Å². The van der Waals surface area contributed by atoms with E-state index < -0.39 is 29.2 Å². The number of oxime groups is 1. The normalized spacial score (nSPS) is 19.5. The number of hydrogen-bond donors (Lipinski definition) is 3. The Labute approximate surface area is 226 Å². The molecule has 2 amide bonds. The number of aromatic nitrogens is 7. The molecule has 0 aliphatic carbocycles. The summed E-state index contributed by atoms with van der Waals surface area (Å²) in [6, 6.07) is 2.45. The van der Waals surface area contributed by atoms with Gasteiger partial charge in [0.25, 0.3) is 11.8 Å². The molecule has 5 rings (SSSR count). The SMILES string of the molecule is CC(C)ON=C(C(=O)NC1C(=O)N2C(C(=O)O)=C(CSc3ccc4nnnn4n3)CS[C@H]12)c1nsc(N)n1. The molecule has 2 aliphatic heterocycles. The Morgan fingerprint density at radius 3 is 2.92 bits per heavy atom. The van der Waals surface area contributed by atoms with Crippen LogP contribution in [-0.2, 0) is 19.2 Å². The highest BCUT2D eigenvalue weighted by Crippen LogP contribution is 2.41. The number of aliphatic carboxylic acids is 1. The van der Waals surface area contributed by atoms with Gasteiger partial charge < -0.3 is 21.0 Å². The molecule has 0 aromatic carbocycles. The molecule has 1 saturated heterocycles. The van der Waals surface area contributed by atoms with Crippen molar-refractivity contribution in [2.75, 3.05) is 17.2 Å². The van der Waals surface area contributed by atoms with E-state index >= 15 is 0 Å². The predicted octanol–water partition coefficient (Wildman–Crippen LogP) is -0.387. The van der Waals surface area contributed by atoms with Crippen LogP contribution in [0.25, 0.3) is 5.65 Å². The summed E-state index contributed by atoms with van der Waals surface area (Å²) in [5.41, 5.74) is 6.32. The molecular formula is C19H19N11O5S3. The van der Waals surface area contributed by atoms with Crippen molar-refractivity contribution in [2.45, 2.75) is 36.4 Å². The Morgan fingerprint density at radius 1 is 1.39 bits per heavy atom. The third-order valence-electron chi connectivity index (χ3n) is 5.20. The van der Waals surface area contributed by atoms with Crippen LogP contribution in [0.15, 0.2) is 33.6 Å². The topological polar surface area (TPSA) is 216 Å². The summed E-state index contributed by atoms with van der Waals surface area (Å²) in [6.45, 7) is 3.45. The molecule has 3 aromatic rings. The molecule has 16 nitrogen and oxygen atoms in total. The van der Waals surface area contributed by atoms with E-state index in [-0.39, 0.29) is 34.2 Å². The fourth-order valence-corrected chi connectivity index (χ4v) is 6.32. The third-order valence-corrected chi connectivity index (χ3v) is 8.09. The summed E-state index contributed by atoms with van der Waals surface area (Å²) in [4.78, 5) is 48.6. The average Bonchev–Trinajstić information content (AvgIpc) is 3.53. The molecule has 0 saturated carbocycles. The molecule has 3 aromatic heterocycles. The van der Waals surface area contributed by atoms with Gasteiger partial charge in [-0.3, -0.25) is 14.5 Å². The van der Waals surface area contributed by atoms with Crippen molar-refractivity contribution in [3.05, 3.63) is 29.2 Å². The summed E-state index contributed by atoms with van der Waals surface area (Å²) < 4.78 is 5.27. The maximum absolute atomic E-state index is 13.0. The van der Waals surface area contributed by atoms with E-state index in [9.17, 15) is 19.5 Å². The van der Waals surface area contributed by atoms with Gasteiger partial charge >= 0.3 is 5.97 Å². The number of rotatable bonds is 9. The Hall–Kier alpha value is -3.84. The van der Waals surface area contributed by atoms with Gasteiger partial charge in [0.05, 0.1) is 0 Å². The lowest BCUT2D eigenvalue weighted by atomic mass is 10.0. The van der Waals surface area contributed by atoms with E-state index in [1.54, 1.807) is 26.0 Å². The second-order valence-electron chi connectivity index (χ2n) is 8.16. The highest BCUT2D eigenvalue weighted by atomic mass is 32.2. The first-order valence-electron chi connectivity index (χ1n) is 11.0. The number of β-lactam (4-membered cyclic amide) rings is 1. The standard InChI is InChI=1S/C19H19N11O5S3/c1-7(2)35-25-11(14-22-19(20)38-26-14)15(31)21-12-16(32)29-13(18(33)34)8(6-37-17(12)29)5-36-10-4-3-9-23-27-28-30(9)24-10/h3-4,7,12,17H,5-6H2,1-2H3,(H,21,31)(H,33,34)(H2,20,22,26)/t12?,17-/m1/s1. The number of amides is 2. The molecule has 0 spiro atoms. The lowest BCUT2D eigenvalue weighted by Crippen LogP contribution is -2.71. The van der Waals surface area contributed by atoms with Crippen LogP contribution in [-0.4, -0.2) is 97.1 Å². The zero-order chi connectivity index (χ0) is 27.0. The largest absolute Gasteiger partial charge is 0.477 e. The molecule has 0 radical (unpaired) electrons. The summed E-state index contributed by atoms with van der Waals surface area (Å²) in [6.07, 6.45) is -0.326. The van der Waals surface area contributed by atoms with Gasteiger partial charge in [0.2, 0.25) is 11.5 Å². The molecular weight excluding hydrogens is 558 g/mol. The first-order chi connectivity index (χ1) is 18.2. The second kappa shape index (κ2) is 10.5. The number of nitrogen functional groups attached to an aromatic ring is 1. The first kappa shape index (κ1) is 25.8. The van der Waals surface area contributed by atoms with Gasteiger partial charge in [0.1, 0.15) is 28.2 Å². The van der Waals surface area contributed by atoms with Gasteiger partial charge in [0.15, 0.2) is 10.8 Å². The average molecular weight is 578 g/mol. The summed E-state index contributed by atoms with van der Waals surface area (Å²) >= 11 is 3.52. The lowest BCUT2D eigenvalue weighted by Gasteiger charge is -2.49. The van der Waals surface area contributed by atoms with Crippen molar-refractivity contribution in [1.29, 1.82) is 0 Å². The Kier molecular flexibility index (Phi) is 7.13. The molecule has 1 fully saturated rings. The fraction of sp³-hybridized carbons (Fsp3) is 0.368. The van der Waals surface area contributed by atoms with Crippen LogP contribution in [0.3, 0.4) is 0 Å². The Balaban J connectivity index is 1.31. The van der Waals surface area contributed by atoms with Crippen LogP contribution in [0, 0.1) is 0 Å². The highest BCUT2D eigenvalue weighted by molar-refractivity contribution is 8.01. The number of nitrogens with two attached hydrogens (primary N) is 1. The number of nitrogens with zero attached hydrogens (tertiary/aromatic N) is 9. The maximum atomic E-state index is 13.0. The molecule has 4 N–H and O–H groups in total. The van der Waals surface area contributed by atoms with Gasteiger partial charge in [-0.2, -0.15) is 9.36 Å². The summed E-state index contributed by atoms with van der Waals surface area (Å²) in [5, 5.41) is 31.8. The number of carboxylic acid groups (broad SMARTS) is 1. The molecule has 198 valence electrons. The molecule has 5 heterocycles. The van der Waals surface area contributed by atoms with E-state index in [0.717, 1.165) is 11.5 Å². The molecule has 2 aliphatic rings. The number of anilines is 1. The zero-order valence-corrected chi connectivity index (χ0v) is 22.2. The van der Waals surface area contributed by atoms with Crippen LogP contribution in [0.1, 0.15) is 19.7 Å². The number of thioether (sulfide) groups is 2. The van der Waals surface area contributed by atoms with Crippen molar-refractivity contribution in [1.82, 2.24) is 44.8 Å². The monoisotopic (exact) mass is 577 g/mol. The molecule has 1 unspecified atom stereocenters. The quantitative estimate of drug-likeness (QED) is 0.128. The number of nitrogens with one attached hydrogen (secondary N) is 1. The third kappa shape index (κ3) is 4.98. The number of fused-ring (bicyclic) bond motifs is 2. The van der Waals surface area contributed by atoms with E-state index in [1.807, 2.05) is 0 Å². The molecule has 2 atom stereocenters. The van der Waals surface area contributed by atoms with Crippen LogP contribution in [0.5, 0.6) is 0 Å². The van der Waals surface area contributed by atoms with Gasteiger partial charge in [-0.25, -0.2) is 4.79 Å².